The third-order valence-corrected chi connectivity index (χ3v) is 5.75. The third-order valence-electron chi connectivity index (χ3n) is 5.75. The van der Waals surface area contributed by atoms with Crippen LogP contribution in [0, 0.1) is 5.92 Å². The Morgan fingerprint density at radius 1 is 1.00 bits per heavy atom. The first-order chi connectivity index (χ1) is 11.4. The van der Waals surface area contributed by atoms with Gasteiger partial charge in [-0.1, -0.05) is 0 Å². The van der Waals surface area contributed by atoms with Gasteiger partial charge < -0.3 is 44.8 Å². The Morgan fingerprint density at radius 2 is 1.75 bits per heavy atom. The van der Waals surface area contributed by atoms with Crippen LogP contribution in [0.2, 0.25) is 0 Å². The number of aliphatic hydroxyl groups excluding tert-OH is 6. The van der Waals surface area contributed by atoms with Gasteiger partial charge in [-0.15, -0.1) is 0 Å². The summed E-state index contributed by atoms with van der Waals surface area (Å²) in [6.07, 6.45) is -4.60. The maximum atomic E-state index is 9.92. The molecule has 9 heteroatoms. The molecule has 2 aliphatic heterocycles. The second kappa shape index (κ2) is 6.75. The van der Waals surface area contributed by atoms with Gasteiger partial charge in [-0.3, -0.25) is 0 Å². The molecular weight excluding hydrogens is 324 g/mol. The minimum absolute atomic E-state index is 0.0458. The Hall–Kier alpha value is -0.360. The van der Waals surface area contributed by atoms with Crippen LogP contribution in [0.4, 0.5) is 0 Å². The minimum Gasteiger partial charge on any atom is -0.396 e. The zero-order valence-corrected chi connectivity index (χ0v) is 13.3. The van der Waals surface area contributed by atoms with Crippen molar-refractivity contribution >= 4 is 0 Å². The summed E-state index contributed by atoms with van der Waals surface area (Å²) in [6, 6.07) is 0. The molecule has 6 N–H and O–H groups in total. The highest BCUT2D eigenvalue weighted by molar-refractivity contribution is 5.23. The summed E-state index contributed by atoms with van der Waals surface area (Å²) in [4.78, 5) is 0. The summed E-state index contributed by atoms with van der Waals surface area (Å²) in [7, 11) is 0. The predicted octanol–water partition coefficient (Wildman–Crippen LogP) is -2.90. The molecule has 3 aliphatic rings. The molecule has 3 fully saturated rings. The van der Waals surface area contributed by atoms with Crippen molar-refractivity contribution in [2.75, 3.05) is 26.4 Å². The summed E-state index contributed by atoms with van der Waals surface area (Å²) < 4.78 is 16.5. The summed E-state index contributed by atoms with van der Waals surface area (Å²) in [5, 5.41) is 57.5. The lowest BCUT2D eigenvalue weighted by Crippen LogP contribution is -2.59. The van der Waals surface area contributed by atoms with Crippen LogP contribution in [0.15, 0.2) is 0 Å². The zero-order chi connectivity index (χ0) is 17.5. The van der Waals surface area contributed by atoms with E-state index < -0.39 is 48.5 Å². The van der Waals surface area contributed by atoms with Crippen molar-refractivity contribution in [1.29, 1.82) is 0 Å². The largest absolute Gasteiger partial charge is 0.396 e. The fraction of sp³-hybridized carbons (Fsp3) is 1.00. The van der Waals surface area contributed by atoms with E-state index in [0.717, 1.165) is 6.42 Å². The molecule has 1 aliphatic carbocycles. The normalized spacial score (nSPS) is 50.8. The Kier molecular flexibility index (Phi) is 5.18. The summed E-state index contributed by atoms with van der Waals surface area (Å²) in [5.41, 5.74) is -1.26. The Balaban J connectivity index is 1.54. The topological polar surface area (TPSA) is 152 Å². The molecule has 8 atom stereocenters. The van der Waals surface area contributed by atoms with Gasteiger partial charge in [0, 0.05) is 18.9 Å². The van der Waals surface area contributed by atoms with Crippen LogP contribution in [0.5, 0.6) is 0 Å². The smallest absolute Gasteiger partial charge is 0.186 e. The minimum atomic E-state index is -1.47. The molecule has 0 aromatic carbocycles. The molecule has 0 radical (unpaired) electrons. The van der Waals surface area contributed by atoms with E-state index in [1.54, 1.807) is 0 Å². The Bertz CT molecular complexity index is 447. The van der Waals surface area contributed by atoms with Gasteiger partial charge in [0.05, 0.1) is 19.8 Å². The van der Waals surface area contributed by atoms with Crippen LogP contribution in [0.1, 0.15) is 19.3 Å². The fourth-order valence-electron chi connectivity index (χ4n) is 4.16. The maximum Gasteiger partial charge on any atom is 0.186 e. The standard InChI is InChI=1S/C15H26O9/c16-5-8-1-2-14(15(8,7-18)24-14)3-4-22-13-12(21)11(20)10(19)9(6-17)23-13/h8-13,16-21H,1-7H2. The highest BCUT2D eigenvalue weighted by Crippen LogP contribution is 2.63. The molecule has 140 valence electrons. The van der Waals surface area contributed by atoms with Gasteiger partial charge >= 0.3 is 0 Å². The second-order valence-electron chi connectivity index (χ2n) is 6.88. The van der Waals surface area contributed by atoms with Crippen LogP contribution in [-0.4, -0.2) is 99.0 Å². The van der Waals surface area contributed by atoms with Gasteiger partial charge in [-0.2, -0.15) is 0 Å². The van der Waals surface area contributed by atoms with Crippen molar-refractivity contribution in [2.45, 2.75) is 61.2 Å². The van der Waals surface area contributed by atoms with Crippen molar-refractivity contribution in [3.05, 3.63) is 0 Å². The van der Waals surface area contributed by atoms with Gasteiger partial charge in [0.15, 0.2) is 6.29 Å². The van der Waals surface area contributed by atoms with Crippen LogP contribution in [-0.2, 0) is 14.2 Å². The van der Waals surface area contributed by atoms with Gasteiger partial charge in [0.2, 0.25) is 0 Å². The monoisotopic (exact) mass is 350 g/mol. The first kappa shape index (κ1) is 18.4. The van der Waals surface area contributed by atoms with Gasteiger partial charge in [-0.25, -0.2) is 0 Å². The lowest BCUT2D eigenvalue weighted by molar-refractivity contribution is -0.301. The first-order valence-electron chi connectivity index (χ1n) is 8.28. The maximum absolute atomic E-state index is 9.92. The Labute approximate surface area is 139 Å². The molecule has 0 aromatic heterocycles. The van der Waals surface area contributed by atoms with E-state index in [2.05, 4.69) is 0 Å². The van der Waals surface area contributed by atoms with Crippen LogP contribution >= 0.6 is 0 Å². The van der Waals surface area contributed by atoms with Crippen molar-refractivity contribution in [3.63, 3.8) is 0 Å². The predicted molar refractivity (Wildman–Crippen MR) is 77.8 cm³/mol. The number of aliphatic hydroxyl groups is 6. The van der Waals surface area contributed by atoms with Crippen molar-refractivity contribution in [2.24, 2.45) is 5.92 Å². The van der Waals surface area contributed by atoms with E-state index in [-0.39, 0.29) is 25.7 Å². The van der Waals surface area contributed by atoms with Gasteiger partial charge in [0.1, 0.15) is 35.6 Å². The number of epoxide rings is 1. The summed E-state index contributed by atoms with van der Waals surface area (Å²) in [6.45, 7) is -0.583. The lowest BCUT2D eigenvalue weighted by Gasteiger charge is -2.39. The molecule has 1 saturated carbocycles. The lowest BCUT2D eigenvalue weighted by atomic mass is 9.88. The number of ether oxygens (including phenoxy) is 3. The van der Waals surface area contributed by atoms with E-state index in [4.69, 9.17) is 19.3 Å². The summed E-state index contributed by atoms with van der Waals surface area (Å²) in [5.74, 6) is -0.102. The number of hydrogen-bond donors (Lipinski definition) is 6. The average Bonchev–Trinajstić information content (AvgIpc) is 3.14. The molecule has 2 saturated heterocycles. The van der Waals surface area contributed by atoms with Crippen LogP contribution < -0.4 is 0 Å². The van der Waals surface area contributed by atoms with E-state index in [9.17, 15) is 25.5 Å². The molecule has 0 aromatic rings. The van der Waals surface area contributed by atoms with Crippen LogP contribution in [0.3, 0.4) is 0 Å². The molecular formula is C15H26O9. The number of hydrogen-bond acceptors (Lipinski definition) is 9. The quantitative estimate of drug-likeness (QED) is 0.265. The molecule has 0 bridgehead atoms. The SMILES string of the molecule is OCC1OC(OCCC23CCC(CO)C2(CO)O3)C(O)C(O)C1O. The van der Waals surface area contributed by atoms with Crippen molar-refractivity contribution in [3.8, 4) is 0 Å². The van der Waals surface area contributed by atoms with Gasteiger partial charge in [0.25, 0.3) is 0 Å². The molecule has 0 amide bonds. The fourth-order valence-corrected chi connectivity index (χ4v) is 4.16. The first-order valence-corrected chi connectivity index (χ1v) is 8.28. The van der Waals surface area contributed by atoms with Gasteiger partial charge in [-0.05, 0) is 12.8 Å². The average molecular weight is 350 g/mol. The molecule has 9 nitrogen and oxygen atoms in total. The summed E-state index contributed by atoms with van der Waals surface area (Å²) >= 11 is 0. The Morgan fingerprint density at radius 3 is 2.38 bits per heavy atom. The highest BCUT2D eigenvalue weighted by Gasteiger charge is 2.75. The number of rotatable bonds is 7. The molecule has 3 rings (SSSR count). The van der Waals surface area contributed by atoms with E-state index >= 15 is 0 Å². The highest BCUT2D eigenvalue weighted by atomic mass is 16.7. The van der Waals surface area contributed by atoms with E-state index in [1.807, 2.05) is 0 Å². The van der Waals surface area contributed by atoms with Crippen LogP contribution in [0.25, 0.3) is 0 Å². The second-order valence-corrected chi connectivity index (χ2v) is 6.88. The van der Waals surface area contributed by atoms with Crippen molar-refractivity contribution < 1.29 is 44.8 Å². The molecule has 2 heterocycles. The zero-order valence-electron chi connectivity index (χ0n) is 13.3. The molecule has 0 spiro atoms. The molecule has 8 unspecified atom stereocenters. The third kappa shape index (κ3) is 2.68. The van der Waals surface area contributed by atoms with E-state index in [1.165, 1.54) is 0 Å². The van der Waals surface area contributed by atoms with E-state index in [0.29, 0.717) is 12.8 Å². The number of fused-ring (bicyclic) bond motifs is 1. The molecule has 24 heavy (non-hydrogen) atoms. The van der Waals surface area contributed by atoms with Crippen molar-refractivity contribution in [1.82, 2.24) is 0 Å².